The fourth-order valence-electron chi connectivity index (χ4n) is 1.55. The molecule has 0 fully saturated rings. The first kappa shape index (κ1) is 14.2. The molecular weight excluding hydrogens is 280 g/mol. The van der Waals surface area contributed by atoms with Crippen LogP contribution in [0.4, 0.5) is 0 Å². The maximum Gasteiger partial charge on any atom is 0.255 e. The molecule has 0 saturated carbocycles. The highest BCUT2D eigenvalue weighted by Gasteiger charge is 2.16. The van der Waals surface area contributed by atoms with Gasteiger partial charge in [0.15, 0.2) is 0 Å². The SMILES string of the molecule is CCC(C)CN(CC)C(=O)c1ccc(Br)nc1. The van der Waals surface area contributed by atoms with Gasteiger partial charge in [0.05, 0.1) is 5.56 Å². The Morgan fingerprint density at radius 1 is 1.47 bits per heavy atom. The summed E-state index contributed by atoms with van der Waals surface area (Å²) in [7, 11) is 0. The zero-order valence-electron chi connectivity index (χ0n) is 10.6. The lowest BCUT2D eigenvalue weighted by atomic mass is 10.1. The predicted octanol–water partition coefficient (Wildman–Crippen LogP) is 3.35. The Morgan fingerprint density at radius 3 is 2.65 bits per heavy atom. The van der Waals surface area contributed by atoms with Crippen molar-refractivity contribution in [2.24, 2.45) is 5.92 Å². The van der Waals surface area contributed by atoms with Gasteiger partial charge in [-0.2, -0.15) is 0 Å². The van der Waals surface area contributed by atoms with E-state index in [1.54, 1.807) is 18.3 Å². The molecule has 4 heteroatoms. The lowest BCUT2D eigenvalue weighted by molar-refractivity contribution is 0.0740. The molecule has 0 aliphatic rings. The summed E-state index contributed by atoms with van der Waals surface area (Å²) < 4.78 is 0.749. The smallest absolute Gasteiger partial charge is 0.255 e. The van der Waals surface area contributed by atoms with Gasteiger partial charge in [-0.3, -0.25) is 4.79 Å². The van der Waals surface area contributed by atoms with Gasteiger partial charge in [-0.25, -0.2) is 4.98 Å². The summed E-state index contributed by atoms with van der Waals surface area (Å²) in [5.74, 6) is 0.593. The number of nitrogens with zero attached hydrogens (tertiary/aromatic N) is 2. The van der Waals surface area contributed by atoms with E-state index < -0.39 is 0 Å². The Hall–Kier alpha value is -0.900. The first-order valence-corrected chi connectivity index (χ1v) is 6.78. The fraction of sp³-hybridized carbons (Fsp3) is 0.538. The van der Waals surface area contributed by atoms with Gasteiger partial charge in [0.1, 0.15) is 4.60 Å². The molecule has 1 aromatic heterocycles. The summed E-state index contributed by atoms with van der Waals surface area (Å²) in [6.45, 7) is 7.85. The van der Waals surface area contributed by atoms with Crippen molar-refractivity contribution in [1.29, 1.82) is 0 Å². The van der Waals surface area contributed by atoms with Crippen LogP contribution in [0.5, 0.6) is 0 Å². The molecule has 0 aromatic carbocycles. The Bertz CT molecular complexity index is 364. The lowest BCUT2D eigenvalue weighted by Gasteiger charge is -2.24. The molecule has 0 spiro atoms. The Labute approximate surface area is 111 Å². The standard InChI is InChI=1S/C13H19BrN2O/c1-4-10(3)9-16(5-2)13(17)11-6-7-12(14)15-8-11/h6-8,10H,4-5,9H2,1-3H3. The van der Waals surface area contributed by atoms with Crippen LogP contribution < -0.4 is 0 Å². The third-order valence-corrected chi connectivity index (χ3v) is 3.34. The van der Waals surface area contributed by atoms with Crippen LogP contribution in [0.1, 0.15) is 37.6 Å². The molecule has 1 atom stereocenters. The molecule has 0 radical (unpaired) electrons. The molecule has 0 aliphatic heterocycles. The zero-order chi connectivity index (χ0) is 12.8. The average molecular weight is 299 g/mol. The van der Waals surface area contributed by atoms with Gasteiger partial charge in [-0.1, -0.05) is 20.3 Å². The van der Waals surface area contributed by atoms with E-state index in [0.717, 1.165) is 24.1 Å². The van der Waals surface area contributed by atoms with E-state index in [-0.39, 0.29) is 5.91 Å². The highest BCUT2D eigenvalue weighted by molar-refractivity contribution is 9.10. The summed E-state index contributed by atoms with van der Waals surface area (Å²) in [6, 6.07) is 3.60. The number of aromatic nitrogens is 1. The minimum absolute atomic E-state index is 0.0628. The summed E-state index contributed by atoms with van der Waals surface area (Å²) in [6.07, 6.45) is 2.70. The third-order valence-electron chi connectivity index (χ3n) is 2.87. The van der Waals surface area contributed by atoms with Gasteiger partial charge in [0.25, 0.3) is 5.91 Å². The van der Waals surface area contributed by atoms with Crippen molar-refractivity contribution in [3.63, 3.8) is 0 Å². The van der Waals surface area contributed by atoms with Crippen LogP contribution in [-0.2, 0) is 0 Å². The Kier molecular flexibility index (Phi) is 5.62. The molecule has 94 valence electrons. The number of amides is 1. The molecule has 1 amide bonds. The average Bonchev–Trinajstić information content (AvgIpc) is 2.35. The fourth-order valence-corrected chi connectivity index (χ4v) is 1.78. The van der Waals surface area contributed by atoms with Gasteiger partial charge in [0.2, 0.25) is 0 Å². The van der Waals surface area contributed by atoms with Crippen molar-refractivity contribution < 1.29 is 4.79 Å². The van der Waals surface area contributed by atoms with Crippen LogP contribution in [0.25, 0.3) is 0 Å². The summed E-state index contributed by atoms with van der Waals surface area (Å²) in [5.41, 5.74) is 0.651. The molecule has 1 rings (SSSR count). The van der Waals surface area contributed by atoms with Crippen molar-refractivity contribution in [1.82, 2.24) is 9.88 Å². The van der Waals surface area contributed by atoms with Crippen molar-refractivity contribution in [2.45, 2.75) is 27.2 Å². The van der Waals surface area contributed by atoms with Crippen LogP contribution in [0.3, 0.4) is 0 Å². The molecule has 0 N–H and O–H groups in total. The molecule has 0 saturated heterocycles. The summed E-state index contributed by atoms with van der Waals surface area (Å²) >= 11 is 3.26. The van der Waals surface area contributed by atoms with Crippen LogP contribution in [0, 0.1) is 5.92 Å². The molecule has 17 heavy (non-hydrogen) atoms. The topological polar surface area (TPSA) is 33.2 Å². The van der Waals surface area contributed by atoms with Gasteiger partial charge < -0.3 is 4.90 Å². The highest BCUT2D eigenvalue weighted by atomic mass is 79.9. The number of rotatable bonds is 5. The maximum atomic E-state index is 12.2. The van der Waals surface area contributed by atoms with Crippen LogP contribution >= 0.6 is 15.9 Å². The summed E-state index contributed by atoms with van der Waals surface area (Å²) in [4.78, 5) is 18.2. The zero-order valence-corrected chi connectivity index (χ0v) is 12.2. The monoisotopic (exact) mass is 298 g/mol. The normalized spacial score (nSPS) is 12.2. The van der Waals surface area contributed by atoms with E-state index in [4.69, 9.17) is 0 Å². The van der Waals surface area contributed by atoms with Gasteiger partial charge in [0, 0.05) is 19.3 Å². The molecule has 3 nitrogen and oxygen atoms in total. The largest absolute Gasteiger partial charge is 0.339 e. The minimum Gasteiger partial charge on any atom is -0.339 e. The third kappa shape index (κ3) is 4.11. The number of hydrogen-bond donors (Lipinski definition) is 0. The van der Waals surface area contributed by atoms with E-state index in [2.05, 4.69) is 34.8 Å². The Morgan fingerprint density at radius 2 is 2.18 bits per heavy atom. The number of carbonyl (C=O) groups is 1. The predicted molar refractivity (Wildman–Crippen MR) is 73.0 cm³/mol. The molecular formula is C13H19BrN2O. The molecule has 1 unspecified atom stereocenters. The van der Waals surface area contributed by atoms with Crippen molar-refractivity contribution >= 4 is 21.8 Å². The van der Waals surface area contributed by atoms with Crippen LogP contribution in [0.2, 0.25) is 0 Å². The summed E-state index contributed by atoms with van der Waals surface area (Å²) in [5, 5.41) is 0. The first-order valence-electron chi connectivity index (χ1n) is 5.99. The number of pyridine rings is 1. The second-order valence-corrected chi connectivity index (χ2v) is 5.04. The number of carbonyl (C=O) groups excluding carboxylic acids is 1. The van der Waals surface area contributed by atoms with Crippen LogP contribution in [-0.4, -0.2) is 28.9 Å². The van der Waals surface area contributed by atoms with Crippen molar-refractivity contribution in [2.75, 3.05) is 13.1 Å². The van der Waals surface area contributed by atoms with E-state index in [1.165, 1.54) is 0 Å². The van der Waals surface area contributed by atoms with E-state index in [1.807, 2.05) is 11.8 Å². The van der Waals surface area contributed by atoms with Crippen molar-refractivity contribution in [3.05, 3.63) is 28.5 Å². The van der Waals surface area contributed by atoms with Gasteiger partial charge in [-0.05, 0) is 40.9 Å². The minimum atomic E-state index is 0.0628. The second-order valence-electron chi connectivity index (χ2n) is 4.23. The molecule has 0 aliphatic carbocycles. The van der Waals surface area contributed by atoms with Crippen LogP contribution in [0.15, 0.2) is 22.9 Å². The van der Waals surface area contributed by atoms with Crippen molar-refractivity contribution in [3.8, 4) is 0 Å². The van der Waals surface area contributed by atoms with Gasteiger partial charge in [-0.15, -0.1) is 0 Å². The highest BCUT2D eigenvalue weighted by Crippen LogP contribution is 2.11. The van der Waals surface area contributed by atoms with E-state index >= 15 is 0 Å². The first-order chi connectivity index (χ1) is 8.08. The van der Waals surface area contributed by atoms with E-state index in [9.17, 15) is 4.79 Å². The lowest BCUT2D eigenvalue weighted by Crippen LogP contribution is -2.34. The molecule has 0 bridgehead atoms. The van der Waals surface area contributed by atoms with Gasteiger partial charge >= 0.3 is 0 Å². The van der Waals surface area contributed by atoms with E-state index in [0.29, 0.717) is 11.5 Å². The molecule has 1 aromatic rings. The molecule has 1 heterocycles. The number of halogens is 1. The Balaban J connectivity index is 2.75. The maximum absolute atomic E-state index is 12.2. The quantitative estimate of drug-likeness (QED) is 0.781. The number of hydrogen-bond acceptors (Lipinski definition) is 2. The second kappa shape index (κ2) is 6.74.